The van der Waals surface area contributed by atoms with Gasteiger partial charge in [-0.05, 0) is 19.1 Å². The van der Waals surface area contributed by atoms with Crippen molar-refractivity contribution in [3.8, 4) is 17.2 Å². The van der Waals surface area contributed by atoms with Crippen LogP contribution >= 0.6 is 0 Å². The second-order valence-corrected chi connectivity index (χ2v) is 5.81. The number of hydrogen-bond donors (Lipinski definition) is 1. The highest BCUT2D eigenvalue weighted by molar-refractivity contribution is 5.79. The molecule has 0 aliphatic carbocycles. The number of carbonyl (C=O) groups is 1. The number of hydrogen-bond acceptors (Lipinski definition) is 5. The number of furan rings is 1. The summed E-state index contributed by atoms with van der Waals surface area (Å²) in [6.07, 6.45) is 0. The molecule has 0 saturated carbocycles. The van der Waals surface area contributed by atoms with Gasteiger partial charge in [0.1, 0.15) is 28.6 Å². The summed E-state index contributed by atoms with van der Waals surface area (Å²) in [5.74, 6) is 2.13. The number of fused-ring (bicyclic) bond motifs is 1. The molecule has 1 heterocycles. The van der Waals surface area contributed by atoms with Gasteiger partial charge in [-0.1, -0.05) is 18.2 Å². The van der Waals surface area contributed by atoms with E-state index in [1.54, 1.807) is 32.4 Å². The van der Waals surface area contributed by atoms with E-state index >= 15 is 0 Å². The largest absolute Gasteiger partial charge is 0.496 e. The summed E-state index contributed by atoms with van der Waals surface area (Å²) >= 11 is 0. The van der Waals surface area contributed by atoms with E-state index in [1.165, 1.54) is 0 Å². The van der Waals surface area contributed by atoms with E-state index in [9.17, 15) is 4.79 Å². The molecule has 6 heteroatoms. The molecule has 3 aromatic rings. The minimum absolute atomic E-state index is 0.124. The Balaban J connectivity index is 1.60. The highest BCUT2D eigenvalue weighted by atomic mass is 16.5. The zero-order valence-corrected chi connectivity index (χ0v) is 14.9. The van der Waals surface area contributed by atoms with Gasteiger partial charge in [0.25, 0.3) is 5.91 Å². The van der Waals surface area contributed by atoms with Gasteiger partial charge in [0.05, 0.1) is 20.3 Å². The summed E-state index contributed by atoms with van der Waals surface area (Å²) in [6.45, 7) is 1.74. The lowest BCUT2D eigenvalue weighted by Crippen LogP contribution is -2.31. The lowest BCUT2D eigenvalue weighted by molar-refractivity contribution is -0.123. The average molecular weight is 355 g/mol. The van der Waals surface area contributed by atoms with Crippen LogP contribution in [-0.4, -0.2) is 26.7 Å². The zero-order chi connectivity index (χ0) is 18.5. The molecule has 0 aliphatic heterocycles. The van der Waals surface area contributed by atoms with Gasteiger partial charge in [-0.2, -0.15) is 0 Å². The van der Waals surface area contributed by atoms with Crippen LogP contribution in [-0.2, 0) is 4.79 Å². The predicted molar refractivity (Wildman–Crippen MR) is 97.8 cm³/mol. The van der Waals surface area contributed by atoms with Gasteiger partial charge in [-0.25, -0.2) is 0 Å². The van der Waals surface area contributed by atoms with Crippen molar-refractivity contribution in [3.05, 3.63) is 54.3 Å². The topological polar surface area (TPSA) is 69.9 Å². The first-order valence-electron chi connectivity index (χ1n) is 8.22. The van der Waals surface area contributed by atoms with E-state index in [1.807, 2.05) is 37.3 Å². The summed E-state index contributed by atoms with van der Waals surface area (Å²) in [6, 6.07) is 14.5. The van der Waals surface area contributed by atoms with E-state index in [0.717, 1.165) is 11.0 Å². The van der Waals surface area contributed by atoms with Crippen molar-refractivity contribution in [2.24, 2.45) is 0 Å². The number of carbonyl (C=O) groups excluding carboxylic acids is 1. The number of rotatable bonds is 7. The SMILES string of the molecule is COc1cc(OC)cc(OCC(=O)N[C@H](C)c2cc3ccccc3o2)c1. The fourth-order valence-electron chi connectivity index (χ4n) is 2.58. The van der Waals surface area contributed by atoms with Crippen LogP contribution in [0.1, 0.15) is 18.7 Å². The van der Waals surface area contributed by atoms with Crippen LogP contribution in [0.5, 0.6) is 17.2 Å². The Hall–Kier alpha value is -3.15. The van der Waals surface area contributed by atoms with Crippen LogP contribution in [0.25, 0.3) is 11.0 Å². The van der Waals surface area contributed by atoms with Gasteiger partial charge in [0, 0.05) is 23.6 Å². The number of para-hydroxylation sites is 1. The molecule has 0 fully saturated rings. The first-order valence-corrected chi connectivity index (χ1v) is 8.22. The molecule has 3 rings (SSSR count). The zero-order valence-electron chi connectivity index (χ0n) is 14.9. The molecule has 0 unspecified atom stereocenters. The maximum absolute atomic E-state index is 12.2. The molecule has 136 valence electrons. The fourth-order valence-corrected chi connectivity index (χ4v) is 2.58. The second-order valence-electron chi connectivity index (χ2n) is 5.81. The Morgan fingerprint density at radius 2 is 1.69 bits per heavy atom. The van der Waals surface area contributed by atoms with Crippen molar-refractivity contribution in [2.75, 3.05) is 20.8 Å². The Morgan fingerprint density at radius 1 is 1.04 bits per heavy atom. The Kier molecular flexibility index (Phi) is 5.31. The normalized spacial score (nSPS) is 11.8. The van der Waals surface area contributed by atoms with Crippen molar-refractivity contribution < 1.29 is 23.4 Å². The molecule has 1 aromatic heterocycles. The molecular formula is C20H21NO5. The second kappa shape index (κ2) is 7.82. The lowest BCUT2D eigenvalue weighted by Gasteiger charge is -2.13. The van der Waals surface area contributed by atoms with Crippen molar-refractivity contribution in [2.45, 2.75) is 13.0 Å². The molecule has 0 bridgehead atoms. The predicted octanol–water partition coefficient (Wildman–Crippen LogP) is 3.71. The van der Waals surface area contributed by atoms with Crippen LogP contribution < -0.4 is 19.5 Å². The van der Waals surface area contributed by atoms with Crippen molar-refractivity contribution in [1.29, 1.82) is 0 Å². The third-order valence-electron chi connectivity index (χ3n) is 3.94. The van der Waals surface area contributed by atoms with E-state index < -0.39 is 0 Å². The Labute approximate surface area is 151 Å². The summed E-state index contributed by atoms with van der Waals surface area (Å²) < 4.78 is 21.7. The highest BCUT2D eigenvalue weighted by Crippen LogP contribution is 2.27. The van der Waals surface area contributed by atoms with Gasteiger partial charge in [0.15, 0.2) is 6.61 Å². The van der Waals surface area contributed by atoms with Gasteiger partial charge < -0.3 is 23.9 Å². The van der Waals surface area contributed by atoms with Crippen LogP contribution in [0, 0.1) is 0 Å². The molecule has 1 atom stereocenters. The van der Waals surface area contributed by atoms with E-state index in [4.69, 9.17) is 18.6 Å². The maximum atomic E-state index is 12.2. The third-order valence-corrected chi connectivity index (χ3v) is 3.94. The van der Waals surface area contributed by atoms with Crippen LogP contribution in [0.3, 0.4) is 0 Å². The minimum Gasteiger partial charge on any atom is -0.496 e. The Bertz CT molecular complexity index is 847. The summed E-state index contributed by atoms with van der Waals surface area (Å²) in [5, 5.41) is 3.87. The standard InChI is InChI=1S/C20H21NO5/c1-13(19-8-14-6-4-5-7-18(14)26-19)21-20(22)12-25-17-10-15(23-2)9-16(11-17)24-3/h4-11,13H,12H2,1-3H3,(H,21,22)/t13-/m1/s1. The van der Waals surface area contributed by atoms with Crippen LogP contribution in [0.15, 0.2) is 52.9 Å². The number of amides is 1. The molecule has 0 saturated heterocycles. The number of nitrogens with one attached hydrogen (secondary N) is 1. The molecule has 6 nitrogen and oxygen atoms in total. The molecule has 1 N–H and O–H groups in total. The van der Waals surface area contributed by atoms with Gasteiger partial charge in [-0.15, -0.1) is 0 Å². The van der Waals surface area contributed by atoms with Crippen molar-refractivity contribution in [1.82, 2.24) is 5.32 Å². The monoisotopic (exact) mass is 355 g/mol. The lowest BCUT2D eigenvalue weighted by atomic mass is 10.2. The van der Waals surface area contributed by atoms with E-state index in [0.29, 0.717) is 23.0 Å². The molecule has 26 heavy (non-hydrogen) atoms. The highest BCUT2D eigenvalue weighted by Gasteiger charge is 2.15. The average Bonchev–Trinajstić information content (AvgIpc) is 3.10. The number of benzene rings is 2. The van der Waals surface area contributed by atoms with Crippen molar-refractivity contribution >= 4 is 16.9 Å². The summed E-state index contributed by atoms with van der Waals surface area (Å²) in [4.78, 5) is 12.2. The first-order chi connectivity index (χ1) is 12.6. The number of methoxy groups -OCH3 is 2. The van der Waals surface area contributed by atoms with Crippen LogP contribution in [0.2, 0.25) is 0 Å². The molecule has 0 radical (unpaired) electrons. The quantitative estimate of drug-likeness (QED) is 0.700. The smallest absolute Gasteiger partial charge is 0.258 e. The summed E-state index contributed by atoms with van der Waals surface area (Å²) in [5.41, 5.74) is 0.795. The van der Waals surface area contributed by atoms with E-state index in [-0.39, 0.29) is 18.6 Å². The molecule has 2 aromatic carbocycles. The Morgan fingerprint density at radius 3 is 2.35 bits per heavy atom. The molecule has 0 spiro atoms. The van der Waals surface area contributed by atoms with Gasteiger partial charge >= 0.3 is 0 Å². The molecular weight excluding hydrogens is 334 g/mol. The third kappa shape index (κ3) is 4.08. The molecule has 0 aliphatic rings. The van der Waals surface area contributed by atoms with E-state index in [2.05, 4.69) is 5.32 Å². The van der Waals surface area contributed by atoms with Gasteiger partial charge in [-0.3, -0.25) is 4.79 Å². The number of ether oxygens (including phenoxy) is 3. The molecule has 1 amide bonds. The fraction of sp³-hybridized carbons (Fsp3) is 0.250. The van der Waals surface area contributed by atoms with Gasteiger partial charge in [0.2, 0.25) is 0 Å². The minimum atomic E-state index is -0.265. The summed E-state index contributed by atoms with van der Waals surface area (Å²) in [7, 11) is 3.11. The van der Waals surface area contributed by atoms with Crippen molar-refractivity contribution in [3.63, 3.8) is 0 Å². The maximum Gasteiger partial charge on any atom is 0.258 e. The first kappa shape index (κ1) is 17.7. The van der Waals surface area contributed by atoms with Crippen LogP contribution in [0.4, 0.5) is 0 Å².